The van der Waals surface area contributed by atoms with Gasteiger partial charge in [0.05, 0.1) is 40.6 Å². The number of rotatable bonds is 7. The highest BCUT2D eigenvalue weighted by Crippen LogP contribution is 2.36. The minimum atomic E-state index is -0.683. The largest absolute Gasteiger partial charge is 0.459 e. The number of anilines is 2. The van der Waals surface area contributed by atoms with Crippen molar-refractivity contribution >= 4 is 44.1 Å². The van der Waals surface area contributed by atoms with Gasteiger partial charge in [-0.2, -0.15) is 0 Å². The van der Waals surface area contributed by atoms with Gasteiger partial charge in [0.1, 0.15) is 29.6 Å². The summed E-state index contributed by atoms with van der Waals surface area (Å²) < 4.78 is 19.1. The number of aromatic nitrogens is 5. The Morgan fingerprint density at radius 2 is 2.02 bits per heavy atom. The van der Waals surface area contributed by atoms with Crippen LogP contribution in [0, 0.1) is 0 Å². The number of amides is 1. The first-order valence-corrected chi connectivity index (χ1v) is 14.7. The standard InChI is InChI=1S/C27H29N9O5S/c28-16-3-1-2-4-17(16)31-27-32-19(22(25(29)38)26-33-30-13-36(26)27)10-14-9-18(34-41-14)15-12-40-23-20(37)11-21(42-24(15)23)35-5-7-39-8-6-35/h9,11-13,16-17H,1-8,10,28H2,(H2,29,38)(H,31,32)/t16-,17+/m1/s1. The van der Waals surface area contributed by atoms with Crippen molar-refractivity contribution in [2.24, 2.45) is 11.5 Å². The summed E-state index contributed by atoms with van der Waals surface area (Å²) in [4.78, 5) is 32.3. The zero-order valence-corrected chi connectivity index (χ0v) is 23.4. The maximum Gasteiger partial charge on any atom is 0.254 e. The Morgan fingerprint density at radius 3 is 2.83 bits per heavy atom. The van der Waals surface area contributed by atoms with Gasteiger partial charge >= 0.3 is 0 Å². The number of morpholine rings is 1. The Morgan fingerprint density at radius 1 is 1.19 bits per heavy atom. The average Bonchev–Trinajstić information content (AvgIpc) is 3.75. The van der Waals surface area contributed by atoms with Crippen LogP contribution in [-0.2, 0) is 11.2 Å². The zero-order valence-electron chi connectivity index (χ0n) is 22.6. The number of nitrogens with two attached hydrogens (primary N) is 2. The minimum Gasteiger partial charge on any atom is -0.459 e. The molecule has 5 N–H and O–H groups in total. The third-order valence-corrected chi connectivity index (χ3v) is 9.03. The molecule has 0 spiro atoms. The number of nitrogens with one attached hydrogen (secondary N) is 1. The molecule has 1 amide bonds. The smallest absolute Gasteiger partial charge is 0.254 e. The topological polar surface area (TPSA) is 193 Å². The van der Waals surface area contributed by atoms with E-state index >= 15 is 0 Å². The summed E-state index contributed by atoms with van der Waals surface area (Å²) in [5.41, 5.74) is 14.2. The second kappa shape index (κ2) is 10.8. The molecule has 1 saturated heterocycles. The van der Waals surface area contributed by atoms with Gasteiger partial charge in [0.15, 0.2) is 11.2 Å². The van der Waals surface area contributed by atoms with Crippen LogP contribution in [0.4, 0.5) is 10.9 Å². The van der Waals surface area contributed by atoms with Crippen molar-refractivity contribution in [3.8, 4) is 11.3 Å². The molecule has 2 atom stereocenters. The Bertz CT molecular complexity index is 1840. The van der Waals surface area contributed by atoms with Crippen LogP contribution in [-0.4, -0.2) is 69.0 Å². The highest BCUT2D eigenvalue weighted by molar-refractivity contribution is 7.22. The molecular weight excluding hydrogens is 562 g/mol. The fourth-order valence-corrected chi connectivity index (χ4v) is 6.84. The van der Waals surface area contributed by atoms with Crippen LogP contribution in [0.3, 0.4) is 0 Å². The molecule has 7 rings (SSSR count). The van der Waals surface area contributed by atoms with Crippen LogP contribution in [0.25, 0.3) is 27.2 Å². The second-order valence-electron chi connectivity index (χ2n) is 10.6. The van der Waals surface area contributed by atoms with Crippen LogP contribution in [0.5, 0.6) is 0 Å². The third kappa shape index (κ3) is 4.78. The van der Waals surface area contributed by atoms with E-state index in [1.165, 1.54) is 23.9 Å². The maximum atomic E-state index is 12.8. The van der Waals surface area contributed by atoms with E-state index in [0.717, 1.165) is 30.7 Å². The lowest BCUT2D eigenvalue weighted by Gasteiger charge is -2.30. The first-order chi connectivity index (χ1) is 20.5. The molecular formula is C27H29N9O5S. The monoisotopic (exact) mass is 591 g/mol. The van der Waals surface area contributed by atoms with Gasteiger partial charge in [-0.1, -0.05) is 18.0 Å². The Labute approximate surface area is 242 Å². The van der Waals surface area contributed by atoms with Crippen molar-refractivity contribution in [3.63, 3.8) is 0 Å². The van der Waals surface area contributed by atoms with Crippen LogP contribution in [0.15, 0.2) is 38.5 Å². The van der Waals surface area contributed by atoms with Gasteiger partial charge in [-0.25, -0.2) is 4.98 Å². The number of fused-ring (bicyclic) bond motifs is 2. The predicted molar refractivity (Wildman–Crippen MR) is 155 cm³/mol. The summed E-state index contributed by atoms with van der Waals surface area (Å²) in [6.07, 6.45) is 7.09. The summed E-state index contributed by atoms with van der Waals surface area (Å²) >= 11 is 1.46. The summed E-state index contributed by atoms with van der Waals surface area (Å²) in [7, 11) is 0. The highest BCUT2D eigenvalue weighted by Gasteiger charge is 2.27. The lowest BCUT2D eigenvalue weighted by atomic mass is 9.91. The molecule has 5 aromatic heterocycles. The molecule has 1 aliphatic heterocycles. The molecule has 42 heavy (non-hydrogen) atoms. The lowest BCUT2D eigenvalue weighted by Crippen LogP contribution is -2.43. The zero-order chi connectivity index (χ0) is 28.8. The molecule has 6 heterocycles. The van der Waals surface area contributed by atoms with Crippen molar-refractivity contribution in [3.05, 3.63) is 52.0 Å². The Balaban J connectivity index is 1.23. The highest BCUT2D eigenvalue weighted by atomic mass is 32.1. The molecule has 14 nitrogen and oxygen atoms in total. The number of furan rings is 1. The fourth-order valence-electron chi connectivity index (χ4n) is 5.65. The molecule has 1 saturated carbocycles. The first-order valence-electron chi connectivity index (χ1n) is 13.8. The van der Waals surface area contributed by atoms with Crippen LogP contribution < -0.4 is 27.1 Å². The molecule has 1 aliphatic carbocycles. The number of primary amides is 1. The summed E-state index contributed by atoms with van der Waals surface area (Å²) in [5, 5.41) is 16.7. The second-order valence-corrected chi connectivity index (χ2v) is 11.6. The van der Waals surface area contributed by atoms with E-state index in [-0.39, 0.29) is 35.1 Å². The normalized spacial score (nSPS) is 19.5. The van der Waals surface area contributed by atoms with Gasteiger partial charge < -0.3 is 35.4 Å². The van der Waals surface area contributed by atoms with E-state index in [9.17, 15) is 9.59 Å². The van der Waals surface area contributed by atoms with Crippen LogP contribution >= 0.6 is 11.3 Å². The van der Waals surface area contributed by atoms with Crippen LogP contribution in [0.2, 0.25) is 0 Å². The van der Waals surface area contributed by atoms with Gasteiger partial charge in [0.25, 0.3) is 5.91 Å². The lowest BCUT2D eigenvalue weighted by molar-refractivity contribution is 0.1000. The number of carbonyl (C=O) groups excluding carboxylic acids is 1. The van der Waals surface area contributed by atoms with Gasteiger partial charge in [-0.05, 0) is 12.8 Å². The molecule has 2 aliphatic rings. The maximum absolute atomic E-state index is 12.8. The predicted octanol–water partition coefficient (Wildman–Crippen LogP) is 2.16. The quantitative estimate of drug-likeness (QED) is 0.250. The number of nitrogens with zero attached hydrogens (tertiary/aromatic N) is 6. The summed E-state index contributed by atoms with van der Waals surface area (Å²) in [5.74, 6) is 0.228. The molecule has 2 fully saturated rings. The van der Waals surface area contributed by atoms with Crippen molar-refractivity contribution in [1.29, 1.82) is 0 Å². The molecule has 0 unspecified atom stereocenters. The Hall–Kier alpha value is -4.34. The number of carbonyl (C=O) groups is 1. The summed E-state index contributed by atoms with van der Waals surface area (Å²) in [6, 6.07) is 3.34. The minimum absolute atomic E-state index is 0.0184. The molecule has 15 heteroatoms. The number of hydrogen-bond acceptors (Lipinski definition) is 13. The van der Waals surface area contributed by atoms with Crippen molar-refractivity contribution in [1.82, 2.24) is 24.7 Å². The van der Waals surface area contributed by atoms with Crippen molar-refractivity contribution in [2.45, 2.75) is 44.2 Å². The summed E-state index contributed by atoms with van der Waals surface area (Å²) in [6.45, 7) is 2.63. The van der Waals surface area contributed by atoms with Gasteiger partial charge in [0, 0.05) is 37.3 Å². The van der Waals surface area contributed by atoms with Crippen LogP contribution in [0.1, 0.15) is 47.5 Å². The third-order valence-electron chi connectivity index (χ3n) is 7.84. The fraction of sp³-hybridized carbons (Fsp3) is 0.407. The average molecular weight is 592 g/mol. The molecule has 218 valence electrons. The van der Waals surface area contributed by atoms with Gasteiger partial charge in [-0.15, -0.1) is 21.5 Å². The molecule has 0 bridgehead atoms. The van der Waals surface area contributed by atoms with E-state index in [1.54, 1.807) is 16.5 Å². The van der Waals surface area contributed by atoms with E-state index in [4.69, 9.17) is 30.1 Å². The van der Waals surface area contributed by atoms with Crippen molar-refractivity contribution in [2.75, 3.05) is 36.5 Å². The van der Waals surface area contributed by atoms with E-state index < -0.39 is 5.91 Å². The molecule has 0 aromatic carbocycles. The Kier molecular flexibility index (Phi) is 6.84. The first kappa shape index (κ1) is 26.6. The number of ether oxygens (including phenoxy) is 1. The van der Waals surface area contributed by atoms with Crippen molar-refractivity contribution < 1.29 is 18.5 Å². The molecule has 5 aromatic rings. The number of hydrogen-bond donors (Lipinski definition) is 3. The van der Waals surface area contributed by atoms with E-state index in [1.807, 2.05) is 0 Å². The van der Waals surface area contributed by atoms with E-state index in [0.29, 0.717) is 65.3 Å². The molecule has 0 radical (unpaired) electrons. The SMILES string of the molecule is NC(=O)c1c(Cc2cc(-c3coc4c(=O)cc(N5CCOCC5)sc34)no2)nc(N[C@H]2CCCC[C@H]2N)n2cnnc12. The van der Waals surface area contributed by atoms with Gasteiger partial charge in [0.2, 0.25) is 11.4 Å². The van der Waals surface area contributed by atoms with E-state index in [2.05, 4.69) is 25.6 Å². The van der Waals surface area contributed by atoms with Gasteiger partial charge in [-0.3, -0.25) is 14.0 Å².